The van der Waals surface area contributed by atoms with E-state index < -0.39 is 44.0 Å². The van der Waals surface area contributed by atoms with Gasteiger partial charge in [-0.1, -0.05) is 18.2 Å². The summed E-state index contributed by atoms with van der Waals surface area (Å²) in [5.74, 6) is -1.27. The quantitative estimate of drug-likeness (QED) is 0.304. The van der Waals surface area contributed by atoms with Gasteiger partial charge in [-0.3, -0.25) is 4.79 Å². The number of anilines is 1. The van der Waals surface area contributed by atoms with Gasteiger partial charge in [0.05, 0.1) is 27.8 Å². The van der Waals surface area contributed by atoms with Gasteiger partial charge in [0.1, 0.15) is 5.52 Å². The number of rotatable bonds is 4. The van der Waals surface area contributed by atoms with Crippen LogP contribution in [-0.4, -0.2) is 53.2 Å². The lowest BCUT2D eigenvalue weighted by molar-refractivity contribution is -0.137. The van der Waals surface area contributed by atoms with Gasteiger partial charge in [-0.2, -0.15) is 13.2 Å². The Morgan fingerprint density at radius 3 is 2.64 bits per heavy atom. The number of carbonyl (C=O) groups excluding carboxylic acids is 1. The molecule has 4 aromatic rings. The third kappa shape index (κ3) is 4.25. The van der Waals surface area contributed by atoms with Crippen molar-refractivity contribution in [1.82, 2.24) is 15.0 Å². The number of imidazole rings is 1. The lowest BCUT2D eigenvalue weighted by Gasteiger charge is -2.32. The molecule has 0 bridgehead atoms. The average Bonchev–Trinajstić information content (AvgIpc) is 3.47. The molecule has 1 aliphatic heterocycles. The van der Waals surface area contributed by atoms with E-state index in [-0.39, 0.29) is 41.4 Å². The van der Waals surface area contributed by atoms with Crippen LogP contribution >= 0.6 is 0 Å². The lowest BCUT2D eigenvalue weighted by Crippen LogP contribution is -2.45. The molecule has 0 amide bonds. The van der Waals surface area contributed by atoms with Crippen LogP contribution in [0.1, 0.15) is 28.4 Å². The third-order valence-corrected chi connectivity index (χ3v) is 8.43. The van der Waals surface area contributed by atoms with E-state index in [9.17, 15) is 30.8 Å². The summed E-state index contributed by atoms with van der Waals surface area (Å²) in [7, 11) is -3.17. The number of hydrogen-bond acceptors (Lipinski definition) is 5. The summed E-state index contributed by atoms with van der Waals surface area (Å²) in [5, 5.41) is -0.584. The largest absolute Gasteiger partial charge is 0.417 e. The van der Waals surface area contributed by atoms with Crippen LogP contribution in [0.2, 0.25) is 0 Å². The Hall–Kier alpha value is -3.67. The number of nitrogens with zero attached hydrogens (tertiary/aromatic N) is 2. The van der Waals surface area contributed by atoms with Crippen molar-refractivity contribution in [2.24, 2.45) is 0 Å². The van der Waals surface area contributed by atoms with E-state index in [1.807, 2.05) is 0 Å². The Labute approximate surface area is 203 Å². The maximum atomic E-state index is 14.9. The van der Waals surface area contributed by atoms with Gasteiger partial charge in [0.2, 0.25) is 0 Å². The smallest absolute Gasteiger partial charge is 0.369 e. The van der Waals surface area contributed by atoms with Crippen LogP contribution in [0.3, 0.4) is 0 Å². The molecule has 1 fully saturated rings. The molecule has 1 saturated heterocycles. The predicted molar refractivity (Wildman–Crippen MR) is 126 cm³/mol. The molecule has 0 unspecified atom stereocenters. The molecule has 3 heterocycles. The van der Waals surface area contributed by atoms with Gasteiger partial charge in [0, 0.05) is 36.1 Å². The molecule has 12 heteroatoms. The van der Waals surface area contributed by atoms with Crippen molar-refractivity contribution in [1.29, 1.82) is 0 Å². The van der Waals surface area contributed by atoms with E-state index in [1.165, 1.54) is 30.5 Å². The van der Waals surface area contributed by atoms with Crippen molar-refractivity contribution < 1.29 is 30.8 Å². The van der Waals surface area contributed by atoms with Crippen LogP contribution in [0.15, 0.2) is 48.7 Å². The molecule has 2 aromatic carbocycles. The van der Waals surface area contributed by atoms with Crippen LogP contribution in [0.4, 0.5) is 23.2 Å². The molecular weight excluding hydrogens is 500 g/mol. The zero-order chi connectivity index (χ0) is 25.8. The monoisotopic (exact) mass is 520 g/mol. The van der Waals surface area contributed by atoms with Crippen LogP contribution < -0.4 is 4.90 Å². The molecule has 0 radical (unpaired) electrons. The molecule has 36 heavy (non-hydrogen) atoms. The summed E-state index contributed by atoms with van der Waals surface area (Å²) in [6, 6.07) is 8.82. The number of alkyl halides is 3. The topological polar surface area (TPSA) is 98.9 Å². The van der Waals surface area contributed by atoms with Crippen LogP contribution in [0.25, 0.3) is 22.6 Å². The van der Waals surface area contributed by atoms with Gasteiger partial charge in [-0.25, -0.2) is 17.8 Å². The highest BCUT2D eigenvalue weighted by Gasteiger charge is 2.35. The Morgan fingerprint density at radius 2 is 1.92 bits per heavy atom. The van der Waals surface area contributed by atoms with Gasteiger partial charge >= 0.3 is 6.18 Å². The van der Waals surface area contributed by atoms with Crippen molar-refractivity contribution in [3.05, 3.63) is 71.2 Å². The van der Waals surface area contributed by atoms with Crippen molar-refractivity contribution in [3.8, 4) is 11.5 Å². The second-order valence-electron chi connectivity index (χ2n) is 8.71. The average molecular weight is 521 g/mol. The summed E-state index contributed by atoms with van der Waals surface area (Å²) >= 11 is 0. The summed E-state index contributed by atoms with van der Waals surface area (Å²) in [5.41, 5.74) is -0.334. The number of aromatic amines is 2. The van der Waals surface area contributed by atoms with E-state index in [0.29, 0.717) is 11.2 Å². The fourth-order valence-corrected chi connectivity index (χ4v) is 5.59. The van der Waals surface area contributed by atoms with Crippen molar-refractivity contribution in [3.63, 3.8) is 0 Å². The normalized spacial score (nSPS) is 18.0. The minimum absolute atomic E-state index is 0.00756. The second-order valence-corrected chi connectivity index (χ2v) is 11.2. The van der Waals surface area contributed by atoms with Crippen LogP contribution in [0.5, 0.6) is 0 Å². The number of aromatic nitrogens is 3. The highest BCUT2D eigenvalue weighted by Crippen LogP contribution is 2.34. The molecular formula is C24H20F4N4O3S. The summed E-state index contributed by atoms with van der Waals surface area (Å²) in [4.78, 5) is 24.6. The second kappa shape index (κ2) is 8.47. The molecule has 2 N–H and O–H groups in total. The van der Waals surface area contributed by atoms with E-state index in [1.54, 1.807) is 17.9 Å². The number of H-pyrrole nitrogens is 2. The van der Waals surface area contributed by atoms with Gasteiger partial charge in [-0.15, -0.1) is 0 Å². The first-order chi connectivity index (χ1) is 16.9. The van der Waals surface area contributed by atoms with E-state index in [4.69, 9.17) is 0 Å². The Bertz CT molecular complexity index is 1590. The number of fused-ring (bicyclic) bond motifs is 1. The van der Waals surface area contributed by atoms with E-state index in [2.05, 4.69) is 15.0 Å². The fraction of sp³-hybridized carbons (Fsp3) is 0.250. The van der Waals surface area contributed by atoms with Crippen molar-refractivity contribution in [2.75, 3.05) is 23.7 Å². The van der Waals surface area contributed by atoms with Crippen molar-refractivity contribution in [2.45, 2.75) is 18.3 Å². The summed E-state index contributed by atoms with van der Waals surface area (Å²) in [6.07, 6.45) is -3.41. The van der Waals surface area contributed by atoms with E-state index >= 15 is 0 Å². The maximum absolute atomic E-state index is 14.9. The van der Waals surface area contributed by atoms with Gasteiger partial charge in [0.25, 0.3) is 0 Å². The molecule has 7 nitrogen and oxygen atoms in total. The number of ketones is 1. The number of benzene rings is 2. The third-order valence-electron chi connectivity index (χ3n) is 6.30. The Balaban J connectivity index is 1.45. The molecule has 2 aromatic heterocycles. The Kier molecular flexibility index (Phi) is 5.66. The fourth-order valence-electron chi connectivity index (χ4n) is 4.31. The standard InChI is InChI=1S/C24H20F4N4O3S/c1-13-12-32(6-7-36(13,34)35)15-9-18(25)21-19(10-15)30-23(31-21)20-8-14(11-29-20)22(33)16-4-2-3-5-17(16)24(26,27)28/h2-5,8-11,13,29H,6-7,12H2,1H3,(H,30,31)/t13-/m1/s1. The first-order valence-electron chi connectivity index (χ1n) is 11.0. The van der Waals surface area contributed by atoms with Crippen molar-refractivity contribution >= 4 is 32.3 Å². The molecule has 1 aliphatic rings. The van der Waals surface area contributed by atoms with Gasteiger partial charge in [-0.05, 0) is 31.2 Å². The summed E-state index contributed by atoms with van der Waals surface area (Å²) < 4.78 is 78.9. The number of hydrogen-bond donors (Lipinski definition) is 2. The molecule has 0 aliphatic carbocycles. The number of sulfone groups is 1. The SMILES string of the molecule is C[C@@H]1CN(c2cc(F)c3nc(-c4cc(C(=O)c5ccccc5C(F)(F)F)c[nH]4)[nH]c3c2)CCS1(=O)=O. The molecule has 5 rings (SSSR count). The van der Waals surface area contributed by atoms with Gasteiger partial charge in [0.15, 0.2) is 27.3 Å². The Morgan fingerprint density at radius 1 is 1.17 bits per heavy atom. The predicted octanol–water partition coefficient (Wildman–Crippen LogP) is 4.57. The maximum Gasteiger partial charge on any atom is 0.417 e. The van der Waals surface area contributed by atoms with Crippen LogP contribution in [-0.2, 0) is 16.0 Å². The van der Waals surface area contributed by atoms with Crippen LogP contribution in [0, 0.1) is 5.82 Å². The zero-order valence-corrected chi connectivity index (χ0v) is 19.7. The number of nitrogens with one attached hydrogen (secondary N) is 2. The lowest BCUT2D eigenvalue weighted by atomic mass is 9.99. The minimum atomic E-state index is -4.68. The zero-order valence-electron chi connectivity index (χ0n) is 18.9. The van der Waals surface area contributed by atoms with E-state index in [0.717, 1.165) is 12.1 Å². The number of carbonyl (C=O) groups is 1. The molecule has 0 saturated carbocycles. The number of halogens is 4. The highest BCUT2D eigenvalue weighted by molar-refractivity contribution is 7.92. The molecule has 1 atom stereocenters. The van der Waals surface area contributed by atoms with Gasteiger partial charge < -0.3 is 14.9 Å². The first kappa shape index (κ1) is 24.0. The minimum Gasteiger partial charge on any atom is -0.369 e. The molecule has 0 spiro atoms. The molecule has 188 valence electrons. The first-order valence-corrected chi connectivity index (χ1v) is 12.7. The highest BCUT2D eigenvalue weighted by atomic mass is 32.2. The summed E-state index contributed by atoms with van der Waals surface area (Å²) in [6.45, 7) is 2.08.